The Kier molecular flexibility index (Phi) is 4.48. The number of aryl methyl sites for hydroxylation is 1. The molecule has 0 saturated carbocycles. The number of anilines is 1. The Morgan fingerprint density at radius 2 is 2.00 bits per heavy atom. The third-order valence-electron chi connectivity index (χ3n) is 3.14. The molecule has 1 heterocycles. The van der Waals surface area contributed by atoms with Gasteiger partial charge in [0.25, 0.3) is 5.91 Å². The Labute approximate surface area is 118 Å². The average molecular weight is 270 g/mol. The van der Waals surface area contributed by atoms with Crippen LogP contribution in [0.4, 0.5) is 5.69 Å². The second kappa shape index (κ2) is 6.30. The number of rotatable bonds is 4. The first-order chi connectivity index (χ1) is 9.61. The van der Waals surface area contributed by atoms with Gasteiger partial charge in [0.1, 0.15) is 0 Å². The molecule has 0 bridgehead atoms. The smallest absolute Gasteiger partial charge is 0.255 e. The van der Waals surface area contributed by atoms with Crippen LogP contribution in [-0.4, -0.2) is 16.0 Å². The van der Waals surface area contributed by atoms with Crippen LogP contribution in [0, 0.1) is 6.92 Å². The van der Waals surface area contributed by atoms with Gasteiger partial charge in [-0.1, -0.05) is 24.6 Å². The number of amides is 1. The minimum absolute atomic E-state index is 0.208. The van der Waals surface area contributed by atoms with E-state index in [1.807, 2.05) is 32.0 Å². The first kappa shape index (κ1) is 14.2. The lowest BCUT2D eigenvalue weighted by atomic mass is 10.0. The highest BCUT2D eigenvalue weighted by atomic mass is 16.3. The molecule has 1 atom stereocenters. The lowest BCUT2D eigenvalue weighted by Gasteiger charge is -2.16. The lowest BCUT2D eigenvalue weighted by molar-refractivity contribution is 0.102. The molecule has 104 valence electrons. The number of carbonyl (C=O) groups is 1. The van der Waals surface area contributed by atoms with Crippen LogP contribution in [0.3, 0.4) is 0 Å². The summed E-state index contributed by atoms with van der Waals surface area (Å²) in [5.41, 5.74) is 2.98. The SMILES string of the molecule is CCC(O)c1cc(C)ccc1NC(=O)c1ccncc1. The van der Waals surface area contributed by atoms with Crippen molar-refractivity contribution in [3.8, 4) is 0 Å². The van der Waals surface area contributed by atoms with Crippen LogP contribution in [-0.2, 0) is 0 Å². The number of nitrogens with zero attached hydrogens (tertiary/aromatic N) is 1. The van der Waals surface area contributed by atoms with Crippen molar-refractivity contribution in [2.45, 2.75) is 26.4 Å². The van der Waals surface area contributed by atoms with Crippen LogP contribution in [0.2, 0.25) is 0 Å². The van der Waals surface area contributed by atoms with Gasteiger partial charge in [0.05, 0.1) is 6.10 Å². The Hall–Kier alpha value is -2.20. The minimum Gasteiger partial charge on any atom is -0.388 e. The van der Waals surface area contributed by atoms with Crippen molar-refractivity contribution in [1.82, 2.24) is 4.98 Å². The van der Waals surface area contributed by atoms with Crippen molar-refractivity contribution >= 4 is 11.6 Å². The fourth-order valence-corrected chi connectivity index (χ4v) is 1.99. The molecule has 4 heteroatoms. The summed E-state index contributed by atoms with van der Waals surface area (Å²) in [5.74, 6) is -0.208. The molecule has 2 aromatic rings. The molecule has 1 aromatic heterocycles. The summed E-state index contributed by atoms with van der Waals surface area (Å²) in [7, 11) is 0. The van der Waals surface area contributed by atoms with Gasteiger partial charge >= 0.3 is 0 Å². The van der Waals surface area contributed by atoms with Gasteiger partial charge in [-0.3, -0.25) is 9.78 Å². The monoisotopic (exact) mass is 270 g/mol. The van der Waals surface area contributed by atoms with Crippen LogP contribution in [0.5, 0.6) is 0 Å². The summed E-state index contributed by atoms with van der Waals surface area (Å²) in [4.78, 5) is 16.0. The molecule has 0 saturated heterocycles. The first-order valence-corrected chi connectivity index (χ1v) is 6.61. The van der Waals surface area contributed by atoms with Gasteiger partial charge < -0.3 is 10.4 Å². The molecule has 4 nitrogen and oxygen atoms in total. The molecule has 2 rings (SSSR count). The van der Waals surface area contributed by atoms with Gasteiger partial charge in [-0.2, -0.15) is 0 Å². The van der Waals surface area contributed by atoms with Crippen LogP contribution >= 0.6 is 0 Å². The predicted octanol–water partition coefficient (Wildman–Crippen LogP) is 3.09. The summed E-state index contributed by atoms with van der Waals surface area (Å²) in [6, 6.07) is 8.94. The van der Waals surface area contributed by atoms with E-state index in [2.05, 4.69) is 10.3 Å². The first-order valence-electron chi connectivity index (χ1n) is 6.61. The van der Waals surface area contributed by atoms with E-state index < -0.39 is 6.10 Å². The third kappa shape index (κ3) is 3.22. The highest BCUT2D eigenvalue weighted by Gasteiger charge is 2.14. The topological polar surface area (TPSA) is 62.2 Å². The largest absolute Gasteiger partial charge is 0.388 e. The molecular formula is C16H18N2O2. The van der Waals surface area contributed by atoms with Crippen molar-refractivity contribution < 1.29 is 9.90 Å². The van der Waals surface area contributed by atoms with Crippen molar-refractivity contribution in [1.29, 1.82) is 0 Å². The number of carbonyl (C=O) groups excluding carboxylic acids is 1. The summed E-state index contributed by atoms with van der Waals surface area (Å²) in [6.07, 6.45) is 3.17. The molecule has 0 aliphatic carbocycles. The summed E-state index contributed by atoms with van der Waals surface area (Å²) >= 11 is 0. The Morgan fingerprint density at radius 3 is 2.65 bits per heavy atom. The summed E-state index contributed by atoms with van der Waals surface area (Å²) in [5, 5.41) is 12.9. The molecule has 1 aromatic carbocycles. The van der Waals surface area contributed by atoms with E-state index in [1.54, 1.807) is 24.5 Å². The number of hydrogen-bond acceptors (Lipinski definition) is 3. The molecular weight excluding hydrogens is 252 g/mol. The van der Waals surface area contributed by atoms with Gasteiger partial charge in [0.2, 0.25) is 0 Å². The standard InChI is InChI=1S/C16H18N2O2/c1-3-15(19)13-10-11(2)4-5-14(13)18-16(20)12-6-8-17-9-7-12/h4-10,15,19H,3H2,1-2H3,(H,18,20). The molecule has 0 aliphatic rings. The predicted molar refractivity (Wildman–Crippen MR) is 78.6 cm³/mol. The molecule has 20 heavy (non-hydrogen) atoms. The molecule has 0 spiro atoms. The van der Waals surface area contributed by atoms with Crippen molar-refractivity contribution in [2.75, 3.05) is 5.32 Å². The van der Waals surface area contributed by atoms with Gasteiger partial charge in [0, 0.05) is 29.2 Å². The fraction of sp³-hybridized carbons (Fsp3) is 0.250. The molecule has 0 fully saturated rings. The van der Waals surface area contributed by atoms with Crippen molar-refractivity contribution in [3.63, 3.8) is 0 Å². The van der Waals surface area contributed by atoms with Crippen molar-refractivity contribution in [3.05, 3.63) is 59.4 Å². The quantitative estimate of drug-likeness (QED) is 0.897. The van der Waals surface area contributed by atoms with Crippen LogP contribution in [0.15, 0.2) is 42.7 Å². The zero-order valence-electron chi connectivity index (χ0n) is 11.6. The van der Waals surface area contributed by atoms with Gasteiger partial charge in [-0.05, 0) is 31.5 Å². The highest BCUT2D eigenvalue weighted by Crippen LogP contribution is 2.26. The van der Waals surface area contributed by atoms with E-state index in [1.165, 1.54) is 0 Å². The van der Waals surface area contributed by atoms with Gasteiger partial charge in [-0.15, -0.1) is 0 Å². The molecule has 0 aliphatic heterocycles. The number of aliphatic hydroxyl groups is 1. The van der Waals surface area contributed by atoms with E-state index in [4.69, 9.17) is 0 Å². The van der Waals surface area contributed by atoms with Gasteiger partial charge in [-0.25, -0.2) is 0 Å². The fourth-order valence-electron chi connectivity index (χ4n) is 1.99. The second-order valence-electron chi connectivity index (χ2n) is 4.70. The maximum absolute atomic E-state index is 12.1. The Balaban J connectivity index is 2.27. The van der Waals surface area contributed by atoms with E-state index in [9.17, 15) is 9.90 Å². The highest BCUT2D eigenvalue weighted by molar-refractivity contribution is 6.04. The Morgan fingerprint density at radius 1 is 1.30 bits per heavy atom. The number of hydrogen-bond donors (Lipinski definition) is 2. The van der Waals surface area contributed by atoms with E-state index >= 15 is 0 Å². The number of aromatic nitrogens is 1. The lowest BCUT2D eigenvalue weighted by Crippen LogP contribution is -2.14. The zero-order chi connectivity index (χ0) is 14.5. The minimum atomic E-state index is -0.581. The Bertz CT molecular complexity index is 597. The van der Waals surface area contributed by atoms with E-state index in [-0.39, 0.29) is 5.91 Å². The number of aliphatic hydroxyl groups excluding tert-OH is 1. The van der Waals surface area contributed by atoms with Crippen LogP contribution in [0.25, 0.3) is 0 Å². The normalized spacial score (nSPS) is 11.9. The zero-order valence-corrected chi connectivity index (χ0v) is 11.6. The van der Waals surface area contributed by atoms with Crippen LogP contribution < -0.4 is 5.32 Å². The van der Waals surface area contributed by atoms with Gasteiger partial charge in [0.15, 0.2) is 0 Å². The molecule has 0 radical (unpaired) electrons. The van der Waals surface area contributed by atoms with E-state index in [0.29, 0.717) is 17.7 Å². The van der Waals surface area contributed by atoms with Crippen LogP contribution in [0.1, 0.15) is 40.9 Å². The molecule has 2 N–H and O–H groups in total. The van der Waals surface area contributed by atoms with Crippen molar-refractivity contribution in [2.24, 2.45) is 0 Å². The number of pyridine rings is 1. The maximum atomic E-state index is 12.1. The average Bonchev–Trinajstić information content (AvgIpc) is 2.49. The second-order valence-corrected chi connectivity index (χ2v) is 4.70. The molecule has 1 amide bonds. The van der Waals surface area contributed by atoms with E-state index in [0.717, 1.165) is 11.1 Å². The third-order valence-corrected chi connectivity index (χ3v) is 3.14. The number of benzene rings is 1. The number of nitrogens with one attached hydrogen (secondary N) is 1. The molecule has 1 unspecified atom stereocenters. The summed E-state index contributed by atoms with van der Waals surface area (Å²) < 4.78 is 0. The summed E-state index contributed by atoms with van der Waals surface area (Å²) in [6.45, 7) is 3.86. The maximum Gasteiger partial charge on any atom is 0.255 e.